The number of benzene rings is 3. The maximum atomic E-state index is 12.7. The van der Waals surface area contributed by atoms with Gasteiger partial charge in [0, 0.05) is 17.5 Å². The van der Waals surface area contributed by atoms with Crippen LogP contribution in [0.25, 0.3) is 6.08 Å². The molecule has 0 saturated heterocycles. The van der Waals surface area contributed by atoms with Crippen molar-refractivity contribution in [1.82, 2.24) is 0 Å². The molecule has 1 amide bonds. The molecule has 3 aromatic carbocycles. The van der Waals surface area contributed by atoms with Gasteiger partial charge < -0.3 is 11.1 Å². The Bertz CT molecular complexity index is 1270. The summed E-state index contributed by atoms with van der Waals surface area (Å²) >= 11 is 0. The van der Waals surface area contributed by atoms with Gasteiger partial charge >= 0.3 is 24.7 Å². The van der Waals surface area contributed by atoms with Gasteiger partial charge in [-0.05, 0) is 48.0 Å². The third kappa shape index (κ3) is 9.85. The van der Waals surface area contributed by atoms with E-state index in [4.69, 9.17) is 5.73 Å². The SMILES string of the molecule is Nc1cc(C(F)(F)F)cc(C(F)(F)F)c1.O=C(C=Cc1ccccc1)Nc1cc(C(F)(F)F)cc(C(F)(F)F)c1. The molecule has 0 aromatic heterocycles. The zero-order valence-corrected chi connectivity index (χ0v) is 19.5. The zero-order chi connectivity index (χ0) is 30.5. The van der Waals surface area contributed by atoms with Crippen LogP contribution in [0.5, 0.6) is 0 Å². The van der Waals surface area contributed by atoms with Gasteiger partial charge in [0.15, 0.2) is 0 Å². The number of carbonyl (C=O) groups is 1. The van der Waals surface area contributed by atoms with E-state index in [0.29, 0.717) is 29.8 Å². The van der Waals surface area contributed by atoms with Crippen LogP contribution in [0.3, 0.4) is 0 Å². The minimum absolute atomic E-state index is 0.00450. The fourth-order valence-electron chi connectivity index (χ4n) is 2.93. The first-order chi connectivity index (χ1) is 18.2. The van der Waals surface area contributed by atoms with Crippen molar-refractivity contribution in [3.8, 4) is 0 Å². The lowest BCUT2D eigenvalue weighted by molar-refractivity contribution is -0.144. The molecule has 0 saturated carbocycles. The second-order valence-corrected chi connectivity index (χ2v) is 7.87. The maximum Gasteiger partial charge on any atom is 0.416 e. The number of nitrogens with one attached hydrogen (secondary N) is 1. The summed E-state index contributed by atoms with van der Waals surface area (Å²) < 4.78 is 149. The minimum atomic E-state index is -4.97. The van der Waals surface area contributed by atoms with Gasteiger partial charge in [0.05, 0.1) is 22.3 Å². The Hall–Kier alpha value is -4.17. The summed E-state index contributed by atoms with van der Waals surface area (Å²) in [5.74, 6) is -0.851. The Kier molecular flexibility index (Phi) is 9.55. The molecule has 40 heavy (non-hydrogen) atoms. The summed E-state index contributed by atoms with van der Waals surface area (Å²) in [6.07, 6.45) is -17.2. The first kappa shape index (κ1) is 32.0. The highest BCUT2D eigenvalue weighted by molar-refractivity contribution is 6.02. The summed E-state index contributed by atoms with van der Waals surface area (Å²) in [6, 6.07) is 10.3. The number of rotatable bonds is 3. The van der Waals surface area contributed by atoms with E-state index in [1.54, 1.807) is 30.3 Å². The summed E-state index contributed by atoms with van der Waals surface area (Å²) in [4.78, 5) is 11.7. The van der Waals surface area contributed by atoms with Gasteiger partial charge in [-0.2, -0.15) is 52.7 Å². The van der Waals surface area contributed by atoms with Crippen molar-refractivity contribution in [2.24, 2.45) is 0 Å². The molecule has 0 unspecified atom stereocenters. The highest BCUT2D eigenvalue weighted by Crippen LogP contribution is 2.38. The number of halogens is 12. The molecule has 3 aromatic rings. The summed E-state index contributed by atoms with van der Waals surface area (Å²) in [5.41, 5.74) is -1.37. The number of anilines is 2. The van der Waals surface area contributed by atoms with E-state index in [1.807, 2.05) is 5.32 Å². The van der Waals surface area contributed by atoms with Crippen LogP contribution in [0, 0.1) is 0 Å². The lowest BCUT2D eigenvalue weighted by Gasteiger charge is -2.14. The number of amides is 1. The van der Waals surface area contributed by atoms with E-state index in [2.05, 4.69) is 0 Å². The summed E-state index contributed by atoms with van der Waals surface area (Å²) in [6.45, 7) is 0. The van der Waals surface area contributed by atoms with Gasteiger partial charge in [0.1, 0.15) is 0 Å². The average Bonchev–Trinajstić information content (AvgIpc) is 2.81. The lowest BCUT2D eigenvalue weighted by Crippen LogP contribution is -2.14. The van der Waals surface area contributed by atoms with Crippen molar-refractivity contribution in [2.45, 2.75) is 24.7 Å². The molecule has 0 heterocycles. The average molecular weight is 588 g/mol. The standard InChI is InChI=1S/C17H11F6NO.C8H5F6N/c18-16(19,20)12-8-13(17(21,22)23)10-14(9-12)24-15(25)7-6-11-4-2-1-3-5-11;9-7(10,11)4-1-5(8(12,13)14)3-6(15)2-4/h1-10H,(H,24,25);1-3H,15H2. The van der Waals surface area contributed by atoms with Crippen LogP contribution in [-0.2, 0) is 29.5 Å². The van der Waals surface area contributed by atoms with Gasteiger partial charge in [0.2, 0.25) is 5.91 Å². The van der Waals surface area contributed by atoms with Crippen molar-refractivity contribution in [3.63, 3.8) is 0 Å². The molecule has 0 radical (unpaired) electrons. The van der Waals surface area contributed by atoms with Crippen LogP contribution in [0.4, 0.5) is 64.1 Å². The molecule has 0 fully saturated rings. The molecular formula is C25H16F12N2O. The molecule has 3 N–H and O–H groups in total. The minimum Gasteiger partial charge on any atom is -0.399 e. The number of nitrogens with two attached hydrogens (primary N) is 1. The van der Waals surface area contributed by atoms with Crippen LogP contribution in [-0.4, -0.2) is 5.91 Å². The van der Waals surface area contributed by atoms with E-state index in [1.165, 1.54) is 6.08 Å². The predicted octanol–water partition coefficient (Wildman–Crippen LogP) is 8.68. The number of hydrogen-bond donors (Lipinski definition) is 2. The number of nitrogen functional groups attached to an aromatic ring is 1. The van der Waals surface area contributed by atoms with Crippen molar-refractivity contribution >= 4 is 23.4 Å². The topological polar surface area (TPSA) is 55.1 Å². The molecule has 15 heteroatoms. The van der Waals surface area contributed by atoms with Crippen LogP contribution in [0.1, 0.15) is 27.8 Å². The van der Waals surface area contributed by atoms with Gasteiger partial charge in [-0.25, -0.2) is 0 Å². The van der Waals surface area contributed by atoms with Gasteiger partial charge in [-0.3, -0.25) is 4.79 Å². The van der Waals surface area contributed by atoms with Gasteiger partial charge in [-0.1, -0.05) is 30.3 Å². The van der Waals surface area contributed by atoms with Crippen molar-refractivity contribution in [1.29, 1.82) is 0 Å². The lowest BCUT2D eigenvalue weighted by atomic mass is 10.1. The molecule has 0 atom stereocenters. The van der Waals surface area contributed by atoms with Crippen LogP contribution in [0.15, 0.2) is 72.8 Å². The fraction of sp³-hybridized carbons (Fsp3) is 0.160. The molecule has 0 bridgehead atoms. The monoisotopic (exact) mass is 588 g/mol. The first-order valence-electron chi connectivity index (χ1n) is 10.5. The molecular weight excluding hydrogens is 572 g/mol. The van der Waals surface area contributed by atoms with Gasteiger partial charge in [0.25, 0.3) is 0 Å². The van der Waals surface area contributed by atoms with Crippen LogP contribution >= 0.6 is 0 Å². The highest BCUT2D eigenvalue weighted by Gasteiger charge is 2.38. The molecule has 3 nitrogen and oxygen atoms in total. The van der Waals surface area contributed by atoms with Crippen LogP contribution < -0.4 is 11.1 Å². The Morgan fingerprint density at radius 2 is 0.975 bits per heavy atom. The third-order valence-electron chi connectivity index (χ3n) is 4.69. The highest BCUT2D eigenvalue weighted by atomic mass is 19.4. The maximum absolute atomic E-state index is 12.7. The van der Waals surface area contributed by atoms with Crippen LogP contribution in [0.2, 0.25) is 0 Å². The second-order valence-electron chi connectivity index (χ2n) is 7.87. The molecule has 3 rings (SSSR count). The van der Waals surface area contributed by atoms with Crippen molar-refractivity contribution < 1.29 is 57.5 Å². The second kappa shape index (κ2) is 11.9. The molecule has 0 aliphatic heterocycles. The van der Waals surface area contributed by atoms with Crippen molar-refractivity contribution in [3.05, 3.63) is 101 Å². The van der Waals surface area contributed by atoms with E-state index in [0.717, 1.165) is 6.08 Å². The fourth-order valence-corrected chi connectivity index (χ4v) is 2.93. The number of hydrogen-bond acceptors (Lipinski definition) is 2. The van der Waals surface area contributed by atoms with E-state index >= 15 is 0 Å². The first-order valence-corrected chi connectivity index (χ1v) is 10.5. The van der Waals surface area contributed by atoms with Gasteiger partial charge in [-0.15, -0.1) is 0 Å². The Morgan fingerprint density at radius 3 is 1.35 bits per heavy atom. The normalized spacial score (nSPS) is 12.6. The third-order valence-corrected chi connectivity index (χ3v) is 4.69. The predicted molar refractivity (Wildman–Crippen MR) is 121 cm³/mol. The molecule has 216 valence electrons. The Labute approximate surface area is 217 Å². The van der Waals surface area contributed by atoms with Crippen molar-refractivity contribution in [2.75, 3.05) is 11.1 Å². The summed E-state index contributed by atoms with van der Waals surface area (Å²) in [7, 11) is 0. The number of carbonyl (C=O) groups excluding carboxylic acids is 1. The Balaban J connectivity index is 0.000000319. The van der Waals surface area contributed by atoms with E-state index < -0.39 is 64.2 Å². The molecule has 0 aliphatic rings. The summed E-state index contributed by atoms with van der Waals surface area (Å²) in [5, 5.41) is 2.01. The molecule has 0 aliphatic carbocycles. The van der Waals surface area contributed by atoms with E-state index in [-0.39, 0.29) is 12.1 Å². The largest absolute Gasteiger partial charge is 0.416 e. The zero-order valence-electron chi connectivity index (χ0n) is 19.5. The number of alkyl halides is 12. The smallest absolute Gasteiger partial charge is 0.399 e. The quantitative estimate of drug-likeness (QED) is 0.183. The Morgan fingerprint density at radius 1 is 0.600 bits per heavy atom. The molecule has 0 spiro atoms. The van der Waals surface area contributed by atoms with E-state index in [9.17, 15) is 57.5 Å².